The molecule has 3 N–H and O–H groups in total. The Morgan fingerprint density at radius 1 is 1.25 bits per heavy atom. The van der Waals surface area contributed by atoms with Crippen LogP contribution < -0.4 is 17.0 Å². The summed E-state index contributed by atoms with van der Waals surface area (Å²) in [5.41, 5.74) is 8.15. The quantitative estimate of drug-likeness (QED) is 0.757. The van der Waals surface area contributed by atoms with Crippen molar-refractivity contribution in [2.75, 3.05) is 0 Å². The van der Waals surface area contributed by atoms with E-state index in [2.05, 4.69) is 11.1 Å². The van der Waals surface area contributed by atoms with Crippen LogP contribution in [-0.2, 0) is 11.3 Å². The number of hydrogen-bond donors (Lipinski definition) is 2. The van der Waals surface area contributed by atoms with E-state index in [1.54, 1.807) is 0 Å². The van der Waals surface area contributed by atoms with Crippen molar-refractivity contribution in [1.82, 2.24) is 9.55 Å². The molecule has 3 aromatic rings. The number of benzene rings is 1. The molecule has 6 nitrogen and oxygen atoms in total. The minimum absolute atomic E-state index is 0.0262. The van der Waals surface area contributed by atoms with E-state index < -0.39 is 17.2 Å². The molecule has 0 saturated heterocycles. The second kappa shape index (κ2) is 6.09. The molecule has 2 aromatic heterocycles. The van der Waals surface area contributed by atoms with Crippen molar-refractivity contribution >= 4 is 27.5 Å². The van der Waals surface area contributed by atoms with Crippen LogP contribution in [0.2, 0.25) is 0 Å². The van der Waals surface area contributed by atoms with E-state index in [1.807, 2.05) is 31.4 Å². The number of fused-ring (bicyclic) bond motifs is 1. The molecule has 3 rings (SSSR count). The third-order valence-corrected chi connectivity index (χ3v) is 4.86. The van der Waals surface area contributed by atoms with Crippen molar-refractivity contribution in [1.29, 1.82) is 0 Å². The van der Waals surface area contributed by atoms with E-state index >= 15 is 0 Å². The van der Waals surface area contributed by atoms with Crippen LogP contribution in [0.15, 0.2) is 33.2 Å². The smallest absolute Gasteiger partial charge is 0.329 e. The summed E-state index contributed by atoms with van der Waals surface area (Å²) >= 11 is 1.32. The van der Waals surface area contributed by atoms with Crippen molar-refractivity contribution in [3.8, 4) is 11.1 Å². The van der Waals surface area contributed by atoms with Gasteiger partial charge in [0.1, 0.15) is 4.83 Å². The molecule has 0 aliphatic rings. The van der Waals surface area contributed by atoms with Gasteiger partial charge in [0.15, 0.2) is 0 Å². The lowest BCUT2D eigenvalue weighted by Crippen LogP contribution is -2.36. The first kappa shape index (κ1) is 16.2. The number of aromatic amines is 1. The molecule has 0 radical (unpaired) electrons. The average molecular weight is 343 g/mol. The van der Waals surface area contributed by atoms with E-state index in [-0.39, 0.29) is 13.0 Å². The zero-order chi connectivity index (χ0) is 17.4. The van der Waals surface area contributed by atoms with E-state index in [4.69, 9.17) is 5.73 Å². The fourth-order valence-electron chi connectivity index (χ4n) is 2.79. The van der Waals surface area contributed by atoms with Crippen molar-refractivity contribution in [3.05, 3.63) is 55.5 Å². The van der Waals surface area contributed by atoms with Gasteiger partial charge in [0, 0.05) is 23.9 Å². The number of carbonyl (C=O) groups excluding carboxylic acids is 1. The van der Waals surface area contributed by atoms with Crippen molar-refractivity contribution in [2.24, 2.45) is 5.73 Å². The van der Waals surface area contributed by atoms with Crippen molar-refractivity contribution in [3.63, 3.8) is 0 Å². The summed E-state index contributed by atoms with van der Waals surface area (Å²) in [5, 5.41) is 2.34. The Morgan fingerprint density at radius 3 is 2.67 bits per heavy atom. The Morgan fingerprint density at radius 2 is 2.00 bits per heavy atom. The number of aromatic nitrogens is 2. The first-order valence-corrected chi connectivity index (χ1v) is 8.36. The highest BCUT2D eigenvalue weighted by Gasteiger charge is 2.16. The number of hydrogen-bond acceptors (Lipinski definition) is 4. The molecule has 0 fully saturated rings. The molecule has 1 amide bonds. The Hall–Kier alpha value is -2.67. The summed E-state index contributed by atoms with van der Waals surface area (Å²) in [4.78, 5) is 39.1. The van der Waals surface area contributed by atoms with Crippen LogP contribution in [0.3, 0.4) is 0 Å². The number of nitrogens with zero attached hydrogens (tertiary/aromatic N) is 1. The average Bonchev–Trinajstić information content (AvgIpc) is 2.90. The van der Waals surface area contributed by atoms with E-state index in [9.17, 15) is 14.4 Å². The standard InChI is InChI=1S/C17H17N3O3S/c1-9-3-4-11(10(2)7-9)12-8-24-15-14(12)16(22)20(17(23)19-15)6-5-13(18)21/h3-4,7-8H,5-6H2,1-2H3,(H2,18,21)(H,19,23). The zero-order valence-electron chi connectivity index (χ0n) is 13.4. The summed E-state index contributed by atoms with van der Waals surface area (Å²) in [6.45, 7) is 3.97. The van der Waals surface area contributed by atoms with Gasteiger partial charge in [0.05, 0.1) is 5.39 Å². The number of nitrogens with two attached hydrogens (primary N) is 1. The largest absolute Gasteiger partial charge is 0.370 e. The van der Waals surface area contributed by atoms with Gasteiger partial charge in [0.25, 0.3) is 5.56 Å². The maximum atomic E-state index is 12.8. The third kappa shape index (κ3) is 2.78. The van der Waals surface area contributed by atoms with Gasteiger partial charge in [-0.25, -0.2) is 4.79 Å². The molecular weight excluding hydrogens is 326 g/mol. The predicted octanol–water partition coefficient (Wildman–Crippen LogP) is 1.91. The van der Waals surface area contributed by atoms with Gasteiger partial charge >= 0.3 is 5.69 Å². The third-order valence-electron chi connectivity index (χ3n) is 3.97. The minimum atomic E-state index is -0.554. The summed E-state index contributed by atoms with van der Waals surface area (Å²) < 4.78 is 1.03. The number of aryl methyl sites for hydroxylation is 2. The summed E-state index contributed by atoms with van der Waals surface area (Å²) in [6.07, 6.45) is -0.0580. The number of carbonyl (C=O) groups is 1. The Balaban J connectivity index is 2.24. The van der Waals surface area contributed by atoms with Crippen LogP contribution in [0.5, 0.6) is 0 Å². The van der Waals surface area contributed by atoms with Crippen LogP contribution in [0.4, 0.5) is 0 Å². The molecule has 0 aliphatic heterocycles. The van der Waals surface area contributed by atoms with Gasteiger partial charge in [-0.05, 0) is 25.0 Å². The minimum Gasteiger partial charge on any atom is -0.370 e. The molecular formula is C17H17N3O3S. The fourth-order valence-corrected chi connectivity index (χ4v) is 3.73. The molecule has 1 aromatic carbocycles. The van der Waals surface area contributed by atoms with Crippen molar-refractivity contribution < 1.29 is 4.79 Å². The second-order valence-corrected chi connectivity index (χ2v) is 6.65. The Bertz CT molecular complexity index is 1060. The highest BCUT2D eigenvalue weighted by molar-refractivity contribution is 7.17. The number of rotatable bonds is 4. The van der Waals surface area contributed by atoms with Gasteiger partial charge < -0.3 is 5.73 Å². The maximum absolute atomic E-state index is 12.8. The summed E-state index contributed by atoms with van der Waals surface area (Å²) in [6, 6.07) is 6.02. The van der Waals surface area contributed by atoms with Crippen LogP contribution in [0.25, 0.3) is 21.3 Å². The van der Waals surface area contributed by atoms with Gasteiger partial charge in [-0.2, -0.15) is 0 Å². The zero-order valence-corrected chi connectivity index (χ0v) is 14.2. The van der Waals surface area contributed by atoms with Crippen LogP contribution >= 0.6 is 11.3 Å². The highest BCUT2D eigenvalue weighted by atomic mass is 32.1. The SMILES string of the molecule is Cc1ccc(-c2csc3[nH]c(=O)n(CCC(N)=O)c(=O)c23)c(C)c1. The first-order chi connectivity index (χ1) is 11.4. The van der Waals surface area contributed by atoms with Gasteiger partial charge in [0.2, 0.25) is 5.91 Å². The molecule has 2 heterocycles. The molecule has 24 heavy (non-hydrogen) atoms. The van der Waals surface area contributed by atoms with Crippen LogP contribution in [-0.4, -0.2) is 15.5 Å². The summed E-state index contributed by atoms with van der Waals surface area (Å²) in [7, 11) is 0. The number of primary amides is 1. The highest BCUT2D eigenvalue weighted by Crippen LogP contribution is 2.32. The molecule has 0 spiro atoms. The topological polar surface area (TPSA) is 97.9 Å². The number of H-pyrrole nitrogens is 1. The lowest BCUT2D eigenvalue weighted by molar-refractivity contribution is -0.118. The van der Waals surface area contributed by atoms with E-state index in [0.717, 1.165) is 26.8 Å². The number of nitrogens with one attached hydrogen (secondary N) is 1. The maximum Gasteiger partial charge on any atom is 0.329 e. The Labute approximate surface area is 141 Å². The molecule has 7 heteroatoms. The summed E-state index contributed by atoms with van der Waals surface area (Å²) in [5.74, 6) is -0.554. The number of amides is 1. The van der Waals surface area contributed by atoms with E-state index in [0.29, 0.717) is 10.2 Å². The van der Waals surface area contributed by atoms with Crippen LogP contribution in [0.1, 0.15) is 17.5 Å². The van der Waals surface area contributed by atoms with E-state index in [1.165, 1.54) is 11.3 Å². The van der Waals surface area contributed by atoms with Crippen molar-refractivity contribution in [2.45, 2.75) is 26.8 Å². The predicted molar refractivity (Wildman–Crippen MR) is 95.4 cm³/mol. The first-order valence-electron chi connectivity index (χ1n) is 7.48. The monoisotopic (exact) mass is 343 g/mol. The lowest BCUT2D eigenvalue weighted by Gasteiger charge is -2.07. The van der Waals surface area contributed by atoms with Gasteiger partial charge in [-0.1, -0.05) is 23.8 Å². The van der Waals surface area contributed by atoms with Gasteiger partial charge in [-0.3, -0.25) is 19.1 Å². The normalized spacial score (nSPS) is 11.1. The lowest BCUT2D eigenvalue weighted by atomic mass is 9.99. The number of thiophene rings is 1. The molecule has 0 bridgehead atoms. The van der Waals surface area contributed by atoms with Crippen LogP contribution in [0, 0.1) is 13.8 Å². The Kier molecular flexibility index (Phi) is 4.11. The van der Waals surface area contributed by atoms with Gasteiger partial charge in [-0.15, -0.1) is 11.3 Å². The molecule has 0 atom stereocenters. The molecule has 0 unspecified atom stereocenters. The molecule has 124 valence electrons. The fraction of sp³-hybridized carbons (Fsp3) is 0.235. The molecule has 0 aliphatic carbocycles. The molecule has 0 saturated carbocycles. The second-order valence-electron chi connectivity index (χ2n) is 5.78.